The molecule has 0 bridgehead atoms. The van der Waals surface area contributed by atoms with E-state index in [2.05, 4.69) is 0 Å². The van der Waals surface area contributed by atoms with Gasteiger partial charge in [0.15, 0.2) is 0 Å². The highest BCUT2D eigenvalue weighted by atomic mass is 15.1. The lowest BCUT2D eigenvalue weighted by Gasteiger charge is -3.02. The Morgan fingerprint density at radius 2 is 0.129 bits per heavy atom. The van der Waals surface area contributed by atoms with Crippen molar-refractivity contribution in [3.8, 4) is 0 Å². The van der Waals surface area contributed by atoms with E-state index in [0.29, 0.717) is 0 Å². The second-order valence-electron chi connectivity index (χ2n) is 39.6. The molecule has 64 unspecified atom stereocenters. The van der Waals surface area contributed by atoms with Crippen LogP contribution in [0.5, 0.6) is 0 Å². The molecule has 0 spiro atoms. The quantitative estimate of drug-likeness (QED) is 0.213. The molecule has 34 saturated carbocycles. The molecule has 0 nitrogen and oxygen atoms in total. The second kappa shape index (κ2) is 7.82. The van der Waals surface area contributed by atoms with Crippen LogP contribution in [0.25, 0.3) is 0 Å². The molecule has 34 rings (SSSR count). The summed E-state index contributed by atoms with van der Waals surface area (Å²) in [5, 5.41) is 0. The van der Waals surface area contributed by atoms with E-state index in [9.17, 15) is 0 Å². The summed E-state index contributed by atoms with van der Waals surface area (Å²) in [6.45, 7) is 0. The van der Waals surface area contributed by atoms with Crippen molar-refractivity contribution in [3.63, 3.8) is 0 Å². The molecule has 70 heavy (non-hydrogen) atoms. The van der Waals surface area contributed by atoms with Crippen LogP contribution in [0.4, 0.5) is 0 Å². The van der Waals surface area contributed by atoms with Crippen molar-refractivity contribution in [2.45, 2.75) is 25.7 Å². The topological polar surface area (TPSA) is 0 Å². The Bertz CT molecular complexity index is 2690. The minimum absolute atomic E-state index is 1.27. The van der Waals surface area contributed by atoms with Crippen LogP contribution in [0.15, 0.2) is 0 Å². The summed E-state index contributed by atoms with van der Waals surface area (Å²) < 4.78 is 0. The summed E-state index contributed by atoms with van der Waals surface area (Å²) in [7, 11) is 0. The molecular weight excluding hydrogens is 841 g/mol. The molecule has 0 aliphatic heterocycles. The Hall–Kier alpha value is 0. The molecule has 34 aliphatic carbocycles. The Morgan fingerprint density at radius 3 is 0.186 bits per heavy atom. The van der Waals surface area contributed by atoms with Gasteiger partial charge in [0.25, 0.3) is 0 Å². The first-order valence-electron chi connectivity index (χ1n) is 35.0. The molecule has 0 N–H and O–H groups in total. The van der Waals surface area contributed by atoms with Crippen LogP contribution < -0.4 is 0 Å². The van der Waals surface area contributed by atoms with Gasteiger partial charge in [-0.25, -0.2) is 0 Å². The van der Waals surface area contributed by atoms with E-state index in [4.69, 9.17) is 0 Å². The average Bonchev–Trinajstić information content (AvgIpc) is 3.48. The molecule has 0 aromatic heterocycles. The van der Waals surface area contributed by atoms with E-state index in [1.54, 1.807) is 25.7 Å². The first kappa shape index (κ1) is 31.4. The van der Waals surface area contributed by atoms with Gasteiger partial charge in [0.1, 0.15) is 0 Å². The van der Waals surface area contributed by atoms with Crippen LogP contribution in [0.3, 0.4) is 0 Å². The van der Waals surface area contributed by atoms with E-state index in [-0.39, 0.29) is 0 Å². The van der Waals surface area contributed by atoms with Gasteiger partial charge in [0, 0.05) is 0 Å². The third-order valence-electron chi connectivity index (χ3n) is 45.2. The van der Waals surface area contributed by atoms with E-state index in [1.807, 2.05) is 0 Å². The highest BCUT2D eigenvalue weighted by Crippen LogP contribution is 3.05. The van der Waals surface area contributed by atoms with Crippen molar-refractivity contribution in [3.05, 3.63) is 0 Å². The smallest absolute Gasteiger partial charge is 0.0312 e. The summed E-state index contributed by atoms with van der Waals surface area (Å²) >= 11 is 0. The van der Waals surface area contributed by atoms with Crippen molar-refractivity contribution in [1.82, 2.24) is 0 Å². The van der Waals surface area contributed by atoms with Gasteiger partial charge in [0.05, 0.1) is 0 Å². The molecule has 0 aromatic carbocycles. The molecular formula is C70H74. The predicted octanol–water partition coefficient (Wildman–Crippen LogP) is 9.68. The lowest BCUT2D eigenvalue weighted by Crippen LogP contribution is -2.99. The Balaban J connectivity index is 0.374. The van der Waals surface area contributed by atoms with Gasteiger partial charge in [-0.15, -0.1) is 0 Å². The Kier molecular flexibility index (Phi) is 3.51. The number of rotatable bonds is 0. The highest BCUT2D eigenvalue weighted by molar-refractivity contribution is 5.48. The molecule has 354 valence electrons. The van der Waals surface area contributed by atoms with E-state index >= 15 is 0 Å². The molecule has 0 amide bonds. The zero-order chi connectivity index (χ0) is 40.9. The normalized spacial score (nSPS) is 103. The van der Waals surface area contributed by atoms with Gasteiger partial charge < -0.3 is 0 Å². The Labute approximate surface area is 414 Å². The van der Waals surface area contributed by atoms with Crippen molar-refractivity contribution in [1.29, 1.82) is 0 Å². The highest BCUT2D eigenvalue weighted by Gasteiger charge is 3.02. The van der Waals surface area contributed by atoms with Crippen LogP contribution >= 0.6 is 0 Å². The van der Waals surface area contributed by atoms with Crippen molar-refractivity contribution >= 4 is 0 Å². The monoisotopic (exact) mass is 915 g/mol. The second-order valence-corrected chi connectivity index (χ2v) is 39.6. The number of hydrogen-bond acceptors (Lipinski definition) is 0. The van der Waals surface area contributed by atoms with Gasteiger partial charge in [-0.2, -0.15) is 0 Å². The fourth-order valence-electron chi connectivity index (χ4n) is 46.3. The first-order valence-corrected chi connectivity index (χ1v) is 35.0. The van der Waals surface area contributed by atoms with E-state index < -0.39 is 0 Å². The Morgan fingerprint density at radius 1 is 0.0714 bits per heavy atom. The lowest BCUT2D eigenvalue weighted by atomic mass is 9.02. The molecule has 0 radical (unpaired) electrons. The van der Waals surface area contributed by atoms with Crippen molar-refractivity contribution < 1.29 is 0 Å². The minimum atomic E-state index is 1.27. The maximum Gasteiger partial charge on any atom is -0.0312 e. The number of hydrogen-bond donors (Lipinski definition) is 0. The van der Waals surface area contributed by atoms with Crippen LogP contribution in [-0.2, 0) is 0 Å². The van der Waals surface area contributed by atoms with Crippen LogP contribution in [0.2, 0.25) is 0 Å². The molecule has 0 aromatic rings. The van der Waals surface area contributed by atoms with Gasteiger partial charge in [-0.3, -0.25) is 0 Å². The third-order valence-corrected chi connectivity index (χ3v) is 45.2. The zero-order valence-electron chi connectivity index (χ0n) is 40.9. The van der Waals surface area contributed by atoms with Gasteiger partial charge in [-0.1, -0.05) is 0 Å². The largest absolute Gasteiger partial charge is 0.0496 e. The van der Waals surface area contributed by atoms with Crippen LogP contribution in [0.1, 0.15) is 25.7 Å². The third kappa shape index (κ3) is 1.93. The molecule has 34 fully saturated rings. The summed E-state index contributed by atoms with van der Waals surface area (Å²) in [5.41, 5.74) is 0. The number of fused-ring (bicyclic) bond motifs is 97. The van der Waals surface area contributed by atoms with E-state index in [0.717, 1.165) is 0 Å². The SMILES string of the molecule is C1CC2C1C1C2C2C1C1C2C2C1C1C2C2C1C1C2C2C1C1C2C2C1C1C2C2C1C1C2C2C1C1C2C2C3C4C5C6C7C8C9C%10C%11C%12C%13C%14C%15C%16C%17C%18CCC%18C%17C%16C%15C%14C%13C%12C%11C%10C9C8C7C6C5C4C3C12. The summed E-state index contributed by atoms with van der Waals surface area (Å²) in [4.78, 5) is 0. The predicted molar refractivity (Wildman–Crippen MR) is 249 cm³/mol. The molecule has 34 aliphatic rings. The first-order chi connectivity index (χ1) is 35.0. The maximum atomic E-state index is 1.66. The van der Waals surface area contributed by atoms with Crippen molar-refractivity contribution in [2.75, 3.05) is 0 Å². The van der Waals surface area contributed by atoms with Gasteiger partial charge in [-0.05, 0) is 416 Å². The summed E-state index contributed by atoms with van der Waals surface area (Å²) in [6.07, 6.45) is 6.66. The molecule has 0 heteroatoms. The summed E-state index contributed by atoms with van der Waals surface area (Å²) in [5.74, 6) is 87.3. The minimum Gasteiger partial charge on any atom is -0.0496 e. The van der Waals surface area contributed by atoms with Gasteiger partial charge >= 0.3 is 0 Å². The van der Waals surface area contributed by atoms with E-state index in [1.165, 1.54) is 391 Å². The van der Waals surface area contributed by atoms with Crippen molar-refractivity contribution in [2.24, 2.45) is 391 Å². The van der Waals surface area contributed by atoms with Crippen LogP contribution in [-0.4, -0.2) is 0 Å². The fraction of sp³-hybridized carbons (Fsp3) is 1.00. The molecule has 0 saturated heterocycles. The lowest BCUT2D eigenvalue weighted by molar-refractivity contribution is -0.557. The maximum absolute atomic E-state index is 1.66. The zero-order valence-corrected chi connectivity index (χ0v) is 40.9. The summed E-state index contributed by atoms with van der Waals surface area (Å²) in [6, 6.07) is 0. The standard InChI is InChI=1S/C70H74/c1-2-6-5(1)9-10(6)14-13(9)17-18(14)22-21(17)25-26(22)30-29(25)33-34(30)38-37(33)41-42(38)46-45(41)49-50(46)54-53(49)57-58(54)62-61(57)65-66(62)70-68-64-60-56-52-48-44-40-36-32-28-24-20-16-12-8-4-3-7(8)11(12)15(16)19(20)23(24)27(28)31(32)35(36)39(40)43(44)47(48)51(52)55(56)59(60)63(64)67(68)69(65)70/h5-70H,1-4H2. The molecule has 64 atom stereocenters. The molecule has 0 heterocycles. The average molecular weight is 915 g/mol. The fourth-order valence-corrected chi connectivity index (χ4v) is 46.3. The van der Waals surface area contributed by atoms with Crippen LogP contribution in [0, 0.1) is 391 Å². The van der Waals surface area contributed by atoms with Gasteiger partial charge in [0.2, 0.25) is 0 Å².